The van der Waals surface area contributed by atoms with Gasteiger partial charge >= 0.3 is 0 Å². The van der Waals surface area contributed by atoms with Crippen molar-refractivity contribution in [1.82, 2.24) is 0 Å². The van der Waals surface area contributed by atoms with Crippen LogP contribution >= 0.6 is 23.5 Å². The molecule has 0 atom stereocenters. The predicted molar refractivity (Wildman–Crippen MR) is 50.4 cm³/mol. The largest absolute Gasteiger partial charge is 0.303 e. The molecule has 0 saturated carbocycles. The second kappa shape index (κ2) is 5.86. The van der Waals surface area contributed by atoms with Crippen molar-refractivity contribution in [1.29, 1.82) is 0 Å². The normalized spacial score (nSPS) is 9.10. The van der Waals surface area contributed by atoms with Gasteiger partial charge in [-0.1, -0.05) is 0 Å². The summed E-state index contributed by atoms with van der Waals surface area (Å²) < 4.78 is 1.26. The third-order valence-corrected chi connectivity index (χ3v) is 3.55. The molecule has 3 heteroatoms. The summed E-state index contributed by atoms with van der Waals surface area (Å²) in [6, 6.07) is 0. The van der Waals surface area contributed by atoms with E-state index in [1.54, 1.807) is 23.5 Å². The maximum absolute atomic E-state index is 10.1. The highest BCUT2D eigenvalue weighted by molar-refractivity contribution is 8.21. The SMILES string of the molecule is CSC(SC)=C(C)CC=O. The maximum atomic E-state index is 10.1. The molecule has 1 nitrogen and oxygen atoms in total. The number of hydrogen-bond donors (Lipinski definition) is 0. The van der Waals surface area contributed by atoms with E-state index in [-0.39, 0.29) is 0 Å². The molecular weight excluding hydrogens is 164 g/mol. The fourth-order valence-corrected chi connectivity index (χ4v) is 2.17. The van der Waals surface area contributed by atoms with Crippen molar-refractivity contribution >= 4 is 29.8 Å². The Bertz CT molecular complexity index is 135. The van der Waals surface area contributed by atoms with Gasteiger partial charge in [0, 0.05) is 10.7 Å². The zero-order chi connectivity index (χ0) is 7.98. The summed E-state index contributed by atoms with van der Waals surface area (Å²) >= 11 is 3.40. The molecule has 10 heavy (non-hydrogen) atoms. The van der Waals surface area contributed by atoms with Gasteiger partial charge in [-0.2, -0.15) is 0 Å². The van der Waals surface area contributed by atoms with Crippen molar-refractivity contribution in [2.75, 3.05) is 12.5 Å². The van der Waals surface area contributed by atoms with E-state index in [1.807, 2.05) is 19.4 Å². The lowest BCUT2D eigenvalue weighted by Gasteiger charge is -2.02. The summed E-state index contributed by atoms with van der Waals surface area (Å²) in [5.41, 5.74) is 1.18. The Hall–Kier alpha value is 0.110. The fourth-order valence-electron chi connectivity index (χ4n) is 0.640. The van der Waals surface area contributed by atoms with Crippen LogP contribution in [0.15, 0.2) is 9.81 Å². The van der Waals surface area contributed by atoms with Gasteiger partial charge in [-0.25, -0.2) is 0 Å². The van der Waals surface area contributed by atoms with Crippen molar-refractivity contribution in [2.45, 2.75) is 13.3 Å². The molecule has 0 radical (unpaired) electrons. The number of rotatable bonds is 4. The summed E-state index contributed by atoms with van der Waals surface area (Å²) in [5, 5.41) is 0. The van der Waals surface area contributed by atoms with Crippen LogP contribution in [0, 0.1) is 0 Å². The average molecular weight is 176 g/mol. The number of aldehydes is 1. The molecule has 0 unspecified atom stereocenters. The molecule has 0 fully saturated rings. The molecular formula is C7H12OS2. The molecule has 0 heterocycles. The van der Waals surface area contributed by atoms with Crippen molar-refractivity contribution in [3.8, 4) is 0 Å². The second-order valence-electron chi connectivity index (χ2n) is 1.85. The monoisotopic (exact) mass is 176 g/mol. The quantitative estimate of drug-likeness (QED) is 0.613. The molecule has 0 aromatic heterocycles. The summed E-state index contributed by atoms with van der Waals surface area (Å²) in [7, 11) is 0. The van der Waals surface area contributed by atoms with Gasteiger partial charge in [0.15, 0.2) is 0 Å². The molecule has 0 aliphatic heterocycles. The Balaban J connectivity index is 4.11. The standard InChI is InChI=1S/C7H12OS2/c1-6(4-5-8)7(9-2)10-3/h5H,4H2,1-3H3. The lowest BCUT2D eigenvalue weighted by Crippen LogP contribution is -1.81. The highest BCUT2D eigenvalue weighted by Gasteiger charge is 1.97. The van der Waals surface area contributed by atoms with Gasteiger partial charge in [0.1, 0.15) is 6.29 Å². The Morgan fingerprint density at radius 1 is 1.40 bits per heavy atom. The van der Waals surface area contributed by atoms with E-state index >= 15 is 0 Å². The van der Waals surface area contributed by atoms with Crippen molar-refractivity contribution in [3.05, 3.63) is 9.81 Å². The molecule has 0 amide bonds. The van der Waals surface area contributed by atoms with Crippen LogP contribution in [0.2, 0.25) is 0 Å². The van der Waals surface area contributed by atoms with E-state index in [0.717, 1.165) is 6.29 Å². The molecule has 58 valence electrons. The maximum Gasteiger partial charge on any atom is 0.124 e. The van der Waals surface area contributed by atoms with Gasteiger partial charge in [0.2, 0.25) is 0 Å². The van der Waals surface area contributed by atoms with Crippen LogP contribution < -0.4 is 0 Å². The third-order valence-electron chi connectivity index (χ3n) is 1.11. The van der Waals surface area contributed by atoms with Gasteiger partial charge in [-0.15, -0.1) is 23.5 Å². The van der Waals surface area contributed by atoms with Crippen LogP contribution in [-0.2, 0) is 4.79 Å². The first-order valence-corrected chi connectivity index (χ1v) is 5.42. The highest BCUT2D eigenvalue weighted by Crippen LogP contribution is 2.27. The Morgan fingerprint density at radius 2 is 1.90 bits per heavy atom. The molecule has 0 bridgehead atoms. The molecule has 0 aromatic rings. The summed E-state index contributed by atoms with van der Waals surface area (Å²) in [5.74, 6) is 0. The molecule has 0 aromatic carbocycles. The average Bonchev–Trinajstić information content (AvgIpc) is 1.91. The Morgan fingerprint density at radius 3 is 2.20 bits per heavy atom. The van der Waals surface area contributed by atoms with E-state index in [9.17, 15) is 4.79 Å². The van der Waals surface area contributed by atoms with Crippen LogP contribution in [0.5, 0.6) is 0 Å². The van der Waals surface area contributed by atoms with Crippen LogP contribution in [0.3, 0.4) is 0 Å². The Labute approximate surface area is 70.6 Å². The lowest BCUT2D eigenvalue weighted by molar-refractivity contribution is -0.107. The number of carbonyl (C=O) groups is 1. The Kier molecular flexibility index (Phi) is 5.93. The number of thioether (sulfide) groups is 2. The van der Waals surface area contributed by atoms with Gasteiger partial charge in [-0.3, -0.25) is 0 Å². The van der Waals surface area contributed by atoms with Crippen LogP contribution in [-0.4, -0.2) is 18.8 Å². The fraction of sp³-hybridized carbons (Fsp3) is 0.571. The minimum absolute atomic E-state index is 0.566. The van der Waals surface area contributed by atoms with Gasteiger partial charge in [-0.05, 0) is 25.0 Å². The molecule has 0 N–H and O–H groups in total. The van der Waals surface area contributed by atoms with Crippen molar-refractivity contribution < 1.29 is 4.79 Å². The predicted octanol–water partition coefficient (Wildman–Crippen LogP) is 2.53. The first kappa shape index (κ1) is 10.1. The minimum Gasteiger partial charge on any atom is -0.303 e. The van der Waals surface area contributed by atoms with E-state index in [4.69, 9.17) is 0 Å². The zero-order valence-corrected chi connectivity index (χ0v) is 8.14. The highest BCUT2D eigenvalue weighted by atomic mass is 32.2. The first-order valence-electron chi connectivity index (χ1n) is 2.97. The van der Waals surface area contributed by atoms with Crippen LogP contribution in [0.1, 0.15) is 13.3 Å². The van der Waals surface area contributed by atoms with Crippen molar-refractivity contribution in [2.24, 2.45) is 0 Å². The molecule has 0 spiro atoms. The van der Waals surface area contributed by atoms with E-state index in [2.05, 4.69) is 0 Å². The van der Waals surface area contributed by atoms with Gasteiger partial charge in [0.25, 0.3) is 0 Å². The number of hydrogen-bond acceptors (Lipinski definition) is 3. The summed E-state index contributed by atoms with van der Waals surface area (Å²) in [6.45, 7) is 2.00. The third kappa shape index (κ3) is 3.32. The molecule has 0 rings (SSSR count). The minimum atomic E-state index is 0.566. The molecule has 0 aliphatic carbocycles. The zero-order valence-electron chi connectivity index (χ0n) is 6.51. The second-order valence-corrected chi connectivity index (χ2v) is 3.74. The van der Waals surface area contributed by atoms with Gasteiger partial charge in [0.05, 0.1) is 0 Å². The summed E-state index contributed by atoms with van der Waals surface area (Å²) in [4.78, 5) is 10.1. The van der Waals surface area contributed by atoms with Crippen molar-refractivity contribution in [3.63, 3.8) is 0 Å². The number of allylic oxidation sites excluding steroid dienone is 1. The lowest BCUT2D eigenvalue weighted by atomic mass is 10.3. The number of carbonyl (C=O) groups excluding carboxylic acids is 1. The van der Waals surface area contributed by atoms with E-state index in [0.29, 0.717) is 6.42 Å². The molecule has 0 saturated heterocycles. The van der Waals surface area contributed by atoms with E-state index < -0.39 is 0 Å². The molecule has 0 aliphatic rings. The first-order chi connectivity index (χ1) is 4.76. The smallest absolute Gasteiger partial charge is 0.124 e. The summed E-state index contributed by atoms with van der Waals surface area (Å²) in [6.07, 6.45) is 5.57. The topological polar surface area (TPSA) is 17.1 Å². The van der Waals surface area contributed by atoms with Crippen LogP contribution in [0.4, 0.5) is 0 Å². The van der Waals surface area contributed by atoms with Gasteiger partial charge < -0.3 is 4.79 Å². The van der Waals surface area contributed by atoms with E-state index in [1.165, 1.54) is 9.81 Å². The van der Waals surface area contributed by atoms with Crippen LogP contribution in [0.25, 0.3) is 0 Å².